The summed E-state index contributed by atoms with van der Waals surface area (Å²) in [6, 6.07) is 21.0. The maximum Gasteiger partial charge on any atom is 0.264 e. The number of halogens is 1. The molecular formula is C26H28ClN3O4S. The van der Waals surface area contributed by atoms with E-state index in [1.807, 2.05) is 31.2 Å². The highest BCUT2D eigenvalue weighted by Gasteiger charge is 2.31. The van der Waals surface area contributed by atoms with E-state index in [0.29, 0.717) is 26.2 Å². The highest BCUT2D eigenvalue weighted by molar-refractivity contribution is 7.92. The number of amides is 1. The average molecular weight is 514 g/mol. The van der Waals surface area contributed by atoms with Crippen molar-refractivity contribution in [3.8, 4) is 5.75 Å². The SMILES string of the molecule is COc1ccccc1N1CCN(C(=O)CN(c2ccccc2Cl)S(=O)(=O)c2ccc(C)cc2)CC1. The molecule has 0 aromatic heterocycles. The van der Waals surface area contributed by atoms with Crippen molar-refractivity contribution in [2.24, 2.45) is 0 Å². The summed E-state index contributed by atoms with van der Waals surface area (Å²) < 4.78 is 33.8. The largest absolute Gasteiger partial charge is 0.495 e. The van der Waals surface area contributed by atoms with Crippen LogP contribution in [0.5, 0.6) is 5.75 Å². The molecule has 1 amide bonds. The predicted octanol–water partition coefficient (Wildman–Crippen LogP) is 4.20. The van der Waals surface area contributed by atoms with E-state index < -0.39 is 10.0 Å². The van der Waals surface area contributed by atoms with Gasteiger partial charge in [0.15, 0.2) is 0 Å². The van der Waals surface area contributed by atoms with Crippen molar-refractivity contribution in [2.75, 3.05) is 49.0 Å². The van der Waals surface area contributed by atoms with Crippen LogP contribution < -0.4 is 13.9 Å². The topological polar surface area (TPSA) is 70.2 Å². The van der Waals surface area contributed by atoms with Crippen LogP contribution in [0.2, 0.25) is 5.02 Å². The fourth-order valence-corrected chi connectivity index (χ4v) is 5.82. The maximum absolute atomic E-state index is 13.6. The Morgan fingerprint density at radius 1 is 0.943 bits per heavy atom. The summed E-state index contributed by atoms with van der Waals surface area (Å²) in [6.45, 7) is 3.71. The number of para-hydroxylation sites is 3. The third kappa shape index (κ3) is 5.39. The minimum absolute atomic E-state index is 0.108. The van der Waals surface area contributed by atoms with Gasteiger partial charge in [-0.1, -0.05) is 53.6 Å². The summed E-state index contributed by atoms with van der Waals surface area (Å²) in [5.74, 6) is 0.502. The first kappa shape index (κ1) is 24.9. The Balaban J connectivity index is 1.54. The van der Waals surface area contributed by atoms with Crippen LogP contribution in [-0.4, -0.2) is 59.1 Å². The zero-order chi connectivity index (χ0) is 25.0. The van der Waals surface area contributed by atoms with E-state index in [9.17, 15) is 13.2 Å². The number of carbonyl (C=O) groups excluding carboxylic acids is 1. The van der Waals surface area contributed by atoms with E-state index in [2.05, 4.69) is 4.90 Å². The summed E-state index contributed by atoms with van der Waals surface area (Å²) in [5, 5.41) is 0.261. The number of ether oxygens (including phenoxy) is 1. The van der Waals surface area contributed by atoms with E-state index in [4.69, 9.17) is 16.3 Å². The van der Waals surface area contributed by atoms with Gasteiger partial charge in [0.25, 0.3) is 10.0 Å². The molecule has 9 heteroatoms. The summed E-state index contributed by atoms with van der Waals surface area (Å²) in [5.41, 5.74) is 2.19. The molecule has 184 valence electrons. The van der Waals surface area contributed by atoms with Gasteiger partial charge in [0.05, 0.1) is 28.4 Å². The van der Waals surface area contributed by atoms with Crippen LogP contribution in [0.1, 0.15) is 5.56 Å². The lowest BCUT2D eigenvalue weighted by atomic mass is 10.2. The summed E-state index contributed by atoms with van der Waals surface area (Å²) in [7, 11) is -2.38. The molecule has 1 heterocycles. The van der Waals surface area contributed by atoms with Crippen molar-refractivity contribution in [1.29, 1.82) is 0 Å². The fraction of sp³-hybridized carbons (Fsp3) is 0.269. The molecule has 3 aromatic rings. The Morgan fingerprint density at radius 2 is 1.57 bits per heavy atom. The molecule has 0 spiro atoms. The van der Waals surface area contributed by atoms with Gasteiger partial charge in [-0.15, -0.1) is 0 Å². The number of nitrogens with zero attached hydrogens (tertiary/aromatic N) is 3. The number of carbonyl (C=O) groups is 1. The number of methoxy groups -OCH3 is 1. The predicted molar refractivity (Wildman–Crippen MR) is 139 cm³/mol. The third-order valence-corrected chi connectivity index (χ3v) is 8.16. The van der Waals surface area contributed by atoms with Gasteiger partial charge in [-0.05, 0) is 43.3 Å². The number of benzene rings is 3. The first-order valence-electron chi connectivity index (χ1n) is 11.3. The number of hydrogen-bond acceptors (Lipinski definition) is 5. The van der Waals surface area contributed by atoms with Crippen LogP contribution in [0.25, 0.3) is 0 Å². The second-order valence-electron chi connectivity index (χ2n) is 8.32. The molecule has 0 N–H and O–H groups in total. The van der Waals surface area contributed by atoms with Gasteiger partial charge in [0, 0.05) is 26.2 Å². The molecule has 0 atom stereocenters. The molecule has 7 nitrogen and oxygen atoms in total. The average Bonchev–Trinajstić information content (AvgIpc) is 2.88. The molecule has 0 saturated carbocycles. The second-order valence-corrected chi connectivity index (χ2v) is 10.6. The van der Waals surface area contributed by atoms with Crippen molar-refractivity contribution in [2.45, 2.75) is 11.8 Å². The lowest BCUT2D eigenvalue weighted by molar-refractivity contribution is -0.129. The van der Waals surface area contributed by atoms with Crippen LogP contribution in [0.15, 0.2) is 77.7 Å². The zero-order valence-electron chi connectivity index (χ0n) is 19.7. The van der Waals surface area contributed by atoms with Crippen molar-refractivity contribution in [3.05, 3.63) is 83.4 Å². The van der Waals surface area contributed by atoms with Crippen LogP contribution in [-0.2, 0) is 14.8 Å². The Kier molecular flexibility index (Phi) is 7.52. The first-order valence-corrected chi connectivity index (χ1v) is 13.1. The van der Waals surface area contributed by atoms with Crippen molar-refractivity contribution < 1.29 is 17.9 Å². The van der Waals surface area contributed by atoms with Gasteiger partial charge in [0.2, 0.25) is 5.91 Å². The Labute approximate surface area is 211 Å². The smallest absolute Gasteiger partial charge is 0.264 e. The fourth-order valence-electron chi connectivity index (χ4n) is 4.10. The molecule has 3 aromatic carbocycles. The molecule has 35 heavy (non-hydrogen) atoms. The first-order chi connectivity index (χ1) is 16.8. The quantitative estimate of drug-likeness (QED) is 0.473. The lowest BCUT2D eigenvalue weighted by Gasteiger charge is -2.37. The Bertz CT molecular complexity index is 1290. The molecule has 4 rings (SSSR count). The number of piperazine rings is 1. The number of anilines is 2. The molecule has 0 aliphatic carbocycles. The van der Waals surface area contributed by atoms with Gasteiger partial charge in [0.1, 0.15) is 12.3 Å². The number of rotatable bonds is 7. The van der Waals surface area contributed by atoms with E-state index >= 15 is 0 Å². The number of hydrogen-bond donors (Lipinski definition) is 0. The van der Waals surface area contributed by atoms with E-state index in [1.165, 1.54) is 0 Å². The normalized spacial score (nSPS) is 14.0. The van der Waals surface area contributed by atoms with Crippen molar-refractivity contribution >= 4 is 38.9 Å². The third-order valence-electron chi connectivity index (χ3n) is 6.07. The molecule has 1 aliphatic heterocycles. The molecular weight excluding hydrogens is 486 g/mol. The highest BCUT2D eigenvalue weighted by atomic mass is 35.5. The van der Waals surface area contributed by atoms with Gasteiger partial charge < -0.3 is 14.5 Å². The van der Waals surface area contributed by atoms with Gasteiger partial charge in [-0.25, -0.2) is 8.42 Å². The van der Waals surface area contributed by atoms with E-state index in [1.54, 1.807) is 60.5 Å². The van der Waals surface area contributed by atoms with Crippen molar-refractivity contribution in [1.82, 2.24) is 4.90 Å². The number of aryl methyl sites for hydroxylation is 1. The Morgan fingerprint density at radius 3 is 2.23 bits per heavy atom. The van der Waals surface area contributed by atoms with Crippen molar-refractivity contribution in [3.63, 3.8) is 0 Å². The number of sulfonamides is 1. The highest BCUT2D eigenvalue weighted by Crippen LogP contribution is 2.31. The summed E-state index contributed by atoms with van der Waals surface area (Å²) in [4.78, 5) is 17.3. The zero-order valence-corrected chi connectivity index (χ0v) is 21.3. The molecule has 0 radical (unpaired) electrons. The standard InChI is InChI=1S/C26H28ClN3O4S/c1-20-11-13-21(14-12-20)35(32,33)30(23-8-4-3-7-22(23)27)19-26(31)29-17-15-28(16-18-29)24-9-5-6-10-25(24)34-2/h3-14H,15-19H2,1-2H3. The molecule has 1 aliphatic rings. The molecule has 0 unspecified atom stereocenters. The Hall–Kier alpha value is -3.23. The monoisotopic (exact) mass is 513 g/mol. The van der Waals surface area contributed by atoms with Crippen LogP contribution in [0.3, 0.4) is 0 Å². The minimum Gasteiger partial charge on any atom is -0.495 e. The van der Waals surface area contributed by atoms with Crippen LogP contribution in [0, 0.1) is 6.92 Å². The van der Waals surface area contributed by atoms with Gasteiger partial charge in [-0.2, -0.15) is 0 Å². The maximum atomic E-state index is 13.6. The van der Waals surface area contributed by atoms with Crippen LogP contribution >= 0.6 is 11.6 Å². The molecule has 0 bridgehead atoms. The van der Waals surface area contributed by atoms with E-state index in [-0.39, 0.29) is 28.1 Å². The summed E-state index contributed by atoms with van der Waals surface area (Å²) in [6.07, 6.45) is 0. The molecule has 1 fully saturated rings. The molecule has 1 saturated heterocycles. The van der Waals surface area contributed by atoms with Gasteiger partial charge in [-0.3, -0.25) is 9.10 Å². The lowest BCUT2D eigenvalue weighted by Crippen LogP contribution is -2.52. The second kappa shape index (κ2) is 10.6. The summed E-state index contributed by atoms with van der Waals surface area (Å²) >= 11 is 6.37. The minimum atomic E-state index is -4.02. The van der Waals surface area contributed by atoms with Gasteiger partial charge >= 0.3 is 0 Å². The van der Waals surface area contributed by atoms with Crippen LogP contribution in [0.4, 0.5) is 11.4 Å². The van der Waals surface area contributed by atoms with E-state index in [0.717, 1.165) is 21.3 Å².